The molecule has 27 heavy (non-hydrogen) atoms. The van der Waals surface area contributed by atoms with Gasteiger partial charge in [-0.2, -0.15) is 4.31 Å². The molecule has 1 aromatic heterocycles. The molecule has 0 amide bonds. The van der Waals surface area contributed by atoms with Crippen molar-refractivity contribution in [2.45, 2.75) is 17.7 Å². The molecule has 1 aliphatic heterocycles. The van der Waals surface area contributed by atoms with Crippen LogP contribution >= 0.6 is 0 Å². The number of rotatable bonds is 3. The van der Waals surface area contributed by atoms with Gasteiger partial charge in [-0.15, -0.1) is 0 Å². The van der Waals surface area contributed by atoms with E-state index in [0.29, 0.717) is 30.1 Å². The Kier molecular flexibility index (Phi) is 3.77. The monoisotopic (exact) mass is 378 g/mol. The average molecular weight is 378 g/mol. The summed E-state index contributed by atoms with van der Waals surface area (Å²) in [7, 11) is -3.46. The van der Waals surface area contributed by atoms with Crippen molar-refractivity contribution < 1.29 is 12.8 Å². The first-order valence-electron chi connectivity index (χ1n) is 9.01. The third-order valence-electron chi connectivity index (χ3n) is 5.06. The molecule has 3 aromatic carbocycles. The Morgan fingerprint density at radius 1 is 0.889 bits per heavy atom. The Bertz CT molecular complexity index is 1250. The molecule has 0 aliphatic carbocycles. The van der Waals surface area contributed by atoms with Crippen molar-refractivity contribution in [1.82, 2.24) is 9.29 Å². The Labute approximate surface area is 157 Å². The van der Waals surface area contributed by atoms with Crippen LogP contribution in [0.15, 0.2) is 70.0 Å². The van der Waals surface area contributed by atoms with Gasteiger partial charge in [0.05, 0.1) is 4.90 Å². The van der Waals surface area contributed by atoms with E-state index in [2.05, 4.69) is 11.1 Å². The van der Waals surface area contributed by atoms with Crippen LogP contribution in [0.1, 0.15) is 12.8 Å². The molecule has 1 fully saturated rings. The quantitative estimate of drug-likeness (QED) is 0.529. The molecule has 136 valence electrons. The molecule has 0 atom stereocenters. The number of fused-ring (bicyclic) bond motifs is 2. The summed E-state index contributed by atoms with van der Waals surface area (Å²) in [6.45, 7) is 1.17. The zero-order chi connectivity index (χ0) is 18.4. The normalized spacial score (nSPS) is 15.7. The fraction of sp³-hybridized carbons (Fsp3) is 0.190. The van der Waals surface area contributed by atoms with Gasteiger partial charge in [0.25, 0.3) is 0 Å². The average Bonchev–Trinajstić information content (AvgIpc) is 3.37. The van der Waals surface area contributed by atoms with Crippen LogP contribution < -0.4 is 0 Å². The lowest BCUT2D eigenvalue weighted by molar-refractivity contribution is 0.477. The molecule has 0 saturated carbocycles. The van der Waals surface area contributed by atoms with Crippen LogP contribution in [0.4, 0.5) is 0 Å². The number of hydrogen-bond donors (Lipinski definition) is 0. The first-order valence-corrected chi connectivity index (χ1v) is 10.5. The molecule has 4 aromatic rings. The van der Waals surface area contributed by atoms with Gasteiger partial charge in [-0.05, 0) is 53.9 Å². The van der Waals surface area contributed by atoms with E-state index >= 15 is 0 Å². The van der Waals surface area contributed by atoms with Crippen LogP contribution in [-0.2, 0) is 10.0 Å². The molecule has 0 N–H and O–H groups in total. The highest BCUT2D eigenvalue weighted by Crippen LogP contribution is 2.29. The molecule has 2 heterocycles. The van der Waals surface area contributed by atoms with E-state index in [-0.39, 0.29) is 4.90 Å². The molecule has 1 saturated heterocycles. The summed E-state index contributed by atoms with van der Waals surface area (Å²) in [6.07, 6.45) is 1.83. The molecule has 0 radical (unpaired) electrons. The molecule has 0 unspecified atom stereocenters. The van der Waals surface area contributed by atoms with Crippen LogP contribution in [0.3, 0.4) is 0 Å². The number of aromatic nitrogens is 1. The second-order valence-electron chi connectivity index (χ2n) is 6.82. The predicted molar refractivity (Wildman–Crippen MR) is 105 cm³/mol. The highest BCUT2D eigenvalue weighted by molar-refractivity contribution is 7.89. The smallest absolute Gasteiger partial charge is 0.243 e. The third kappa shape index (κ3) is 2.81. The predicted octanol–water partition coefficient (Wildman–Crippen LogP) is 4.43. The van der Waals surface area contributed by atoms with Gasteiger partial charge < -0.3 is 4.42 Å². The van der Waals surface area contributed by atoms with Crippen molar-refractivity contribution in [3.8, 4) is 11.5 Å². The summed E-state index contributed by atoms with van der Waals surface area (Å²) < 4.78 is 33.0. The highest BCUT2D eigenvalue weighted by Gasteiger charge is 2.27. The SMILES string of the molecule is O=S(=O)(c1ccc2oc(-c3ccc4ccccc4c3)nc2c1)N1CCCC1. The minimum absolute atomic E-state index is 0.273. The summed E-state index contributed by atoms with van der Waals surface area (Å²) in [5, 5.41) is 2.26. The maximum absolute atomic E-state index is 12.8. The van der Waals surface area contributed by atoms with E-state index in [0.717, 1.165) is 29.2 Å². The standard InChI is InChI=1S/C21H18N2O3S/c24-27(25,23-11-3-4-12-23)18-9-10-20-19(14-18)22-21(26-20)17-8-7-15-5-1-2-6-16(15)13-17/h1-2,5-10,13-14H,3-4,11-12H2. The zero-order valence-electron chi connectivity index (χ0n) is 14.6. The first kappa shape index (κ1) is 16.5. The Hall–Kier alpha value is -2.70. The Morgan fingerprint density at radius 2 is 1.67 bits per heavy atom. The van der Waals surface area contributed by atoms with Gasteiger partial charge >= 0.3 is 0 Å². The lowest BCUT2D eigenvalue weighted by Gasteiger charge is -2.15. The third-order valence-corrected chi connectivity index (χ3v) is 6.95. The molecule has 5 nitrogen and oxygen atoms in total. The van der Waals surface area contributed by atoms with Gasteiger partial charge in [0.15, 0.2) is 5.58 Å². The van der Waals surface area contributed by atoms with Gasteiger partial charge in [0, 0.05) is 18.7 Å². The molecule has 6 heteroatoms. The number of sulfonamides is 1. The van der Waals surface area contributed by atoms with Gasteiger partial charge in [0.2, 0.25) is 15.9 Å². The van der Waals surface area contributed by atoms with E-state index in [9.17, 15) is 8.42 Å². The van der Waals surface area contributed by atoms with Gasteiger partial charge in [-0.3, -0.25) is 0 Å². The van der Waals surface area contributed by atoms with Gasteiger partial charge in [-0.1, -0.05) is 30.3 Å². The molecular weight excluding hydrogens is 360 g/mol. The fourth-order valence-corrected chi connectivity index (χ4v) is 5.13. The van der Waals surface area contributed by atoms with Crippen molar-refractivity contribution in [3.63, 3.8) is 0 Å². The Balaban J connectivity index is 1.57. The Morgan fingerprint density at radius 3 is 2.48 bits per heavy atom. The maximum Gasteiger partial charge on any atom is 0.243 e. The van der Waals surface area contributed by atoms with Gasteiger partial charge in [-0.25, -0.2) is 13.4 Å². The molecule has 5 rings (SSSR count). The number of nitrogens with zero attached hydrogens (tertiary/aromatic N) is 2. The van der Waals surface area contributed by atoms with Crippen molar-refractivity contribution in [2.75, 3.05) is 13.1 Å². The second kappa shape index (κ2) is 6.18. The maximum atomic E-state index is 12.8. The highest BCUT2D eigenvalue weighted by atomic mass is 32.2. The van der Waals surface area contributed by atoms with Crippen LogP contribution in [0.25, 0.3) is 33.3 Å². The van der Waals surface area contributed by atoms with E-state index < -0.39 is 10.0 Å². The van der Waals surface area contributed by atoms with Crippen molar-refractivity contribution >= 4 is 31.9 Å². The summed E-state index contributed by atoms with van der Waals surface area (Å²) in [4.78, 5) is 4.81. The van der Waals surface area contributed by atoms with Crippen LogP contribution in [-0.4, -0.2) is 30.8 Å². The number of oxazole rings is 1. The largest absolute Gasteiger partial charge is 0.436 e. The lowest BCUT2D eigenvalue weighted by atomic mass is 10.1. The molecule has 0 spiro atoms. The summed E-state index contributed by atoms with van der Waals surface area (Å²) in [5.74, 6) is 0.492. The zero-order valence-corrected chi connectivity index (χ0v) is 15.4. The first-order chi connectivity index (χ1) is 13.1. The lowest BCUT2D eigenvalue weighted by Crippen LogP contribution is -2.27. The van der Waals surface area contributed by atoms with Crippen LogP contribution in [0.2, 0.25) is 0 Å². The molecule has 0 bridgehead atoms. The fourth-order valence-electron chi connectivity index (χ4n) is 3.59. The van der Waals surface area contributed by atoms with E-state index in [4.69, 9.17) is 4.42 Å². The molecular formula is C21H18N2O3S. The van der Waals surface area contributed by atoms with Crippen molar-refractivity contribution in [2.24, 2.45) is 0 Å². The summed E-state index contributed by atoms with van der Waals surface area (Å²) >= 11 is 0. The van der Waals surface area contributed by atoms with Crippen molar-refractivity contribution in [1.29, 1.82) is 0 Å². The summed E-state index contributed by atoms with van der Waals surface area (Å²) in [5.41, 5.74) is 2.01. The van der Waals surface area contributed by atoms with E-state index in [1.54, 1.807) is 22.5 Å². The van der Waals surface area contributed by atoms with Crippen molar-refractivity contribution in [3.05, 3.63) is 60.7 Å². The van der Waals surface area contributed by atoms with Gasteiger partial charge in [0.1, 0.15) is 5.52 Å². The van der Waals surface area contributed by atoms with Crippen LogP contribution in [0, 0.1) is 0 Å². The molecule has 1 aliphatic rings. The second-order valence-corrected chi connectivity index (χ2v) is 8.76. The number of hydrogen-bond acceptors (Lipinski definition) is 4. The minimum atomic E-state index is -3.46. The topological polar surface area (TPSA) is 63.4 Å². The minimum Gasteiger partial charge on any atom is -0.436 e. The number of benzene rings is 3. The van der Waals surface area contributed by atoms with E-state index in [1.807, 2.05) is 36.4 Å². The summed E-state index contributed by atoms with van der Waals surface area (Å²) in [6, 6.07) is 19.0. The van der Waals surface area contributed by atoms with E-state index in [1.165, 1.54) is 0 Å². The van der Waals surface area contributed by atoms with Crippen LogP contribution in [0.5, 0.6) is 0 Å².